The molecule has 8 heteroatoms. The highest BCUT2D eigenvalue weighted by Gasteiger charge is 2.06. The molecule has 2 rings (SSSR count). The summed E-state index contributed by atoms with van der Waals surface area (Å²) in [7, 11) is 0. The topological polar surface area (TPSA) is 73.6 Å². The molecule has 0 aromatic heterocycles. The first-order valence-electron chi connectivity index (χ1n) is 7.83. The van der Waals surface area contributed by atoms with Crippen molar-refractivity contribution in [2.24, 2.45) is 5.73 Å². The molecule has 2 aromatic carbocycles. The fraction of sp³-hybridized carbons (Fsp3) is 0.278. The zero-order valence-corrected chi connectivity index (χ0v) is 14.8. The Morgan fingerprint density at radius 1 is 1.04 bits per heavy atom. The van der Waals surface area contributed by atoms with E-state index < -0.39 is 6.61 Å². The third-order valence-corrected chi connectivity index (χ3v) is 3.31. The van der Waals surface area contributed by atoms with Crippen molar-refractivity contribution in [2.45, 2.75) is 19.5 Å². The summed E-state index contributed by atoms with van der Waals surface area (Å²) in [6.45, 7) is -1.97. The maximum Gasteiger partial charge on any atom is 0.387 e. The van der Waals surface area contributed by atoms with E-state index in [4.69, 9.17) is 10.5 Å². The van der Waals surface area contributed by atoms with E-state index in [1.807, 2.05) is 0 Å². The van der Waals surface area contributed by atoms with E-state index in [0.29, 0.717) is 31.0 Å². The van der Waals surface area contributed by atoms with Gasteiger partial charge in [0.1, 0.15) is 18.1 Å². The second kappa shape index (κ2) is 11.3. The van der Waals surface area contributed by atoms with Crippen LogP contribution in [0.2, 0.25) is 0 Å². The molecular weight excluding hydrogens is 366 g/mol. The molecule has 0 unspecified atom stereocenters. The highest BCUT2D eigenvalue weighted by Crippen LogP contribution is 2.17. The summed E-state index contributed by atoms with van der Waals surface area (Å²) in [4.78, 5) is 12.0. The molecule has 0 fully saturated rings. The summed E-state index contributed by atoms with van der Waals surface area (Å²) in [5, 5.41) is 2.79. The van der Waals surface area contributed by atoms with Crippen molar-refractivity contribution < 1.29 is 23.0 Å². The second-order valence-electron chi connectivity index (χ2n) is 5.23. The van der Waals surface area contributed by atoms with E-state index in [1.54, 1.807) is 36.4 Å². The van der Waals surface area contributed by atoms with Gasteiger partial charge in [-0.15, -0.1) is 12.4 Å². The number of rotatable bonds is 9. The summed E-state index contributed by atoms with van der Waals surface area (Å²) in [5.41, 5.74) is 6.90. The van der Waals surface area contributed by atoms with Crippen LogP contribution in [0.15, 0.2) is 48.5 Å². The molecule has 0 atom stereocenters. The average molecular weight is 387 g/mol. The van der Waals surface area contributed by atoms with E-state index in [1.165, 1.54) is 12.1 Å². The number of aryl methyl sites for hydroxylation is 1. The number of hydrogen-bond donors (Lipinski definition) is 2. The Kier molecular flexibility index (Phi) is 9.40. The highest BCUT2D eigenvalue weighted by molar-refractivity contribution is 5.90. The smallest absolute Gasteiger partial charge is 0.387 e. The fourth-order valence-corrected chi connectivity index (χ4v) is 2.13. The molecule has 0 aliphatic rings. The minimum absolute atomic E-state index is 0. The molecule has 0 saturated carbocycles. The molecule has 0 aliphatic heterocycles. The largest absolute Gasteiger partial charge is 0.492 e. The Morgan fingerprint density at radius 3 is 2.23 bits per heavy atom. The Hall–Kier alpha value is -2.38. The number of nitrogens with two attached hydrogens (primary N) is 1. The molecule has 0 saturated heterocycles. The van der Waals surface area contributed by atoms with Gasteiger partial charge in [-0.05, 0) is 48.4 Å². The number of hydrogen-bond acceptors (Lipinski definition) is 4. The average Bonchev–Trinajstić information content (AvgIpc) is 2.60. The zero-order valence-electron chi connectivity index (χ0n) is 14.0. The number of alkyl halides is 2. The van der Waals surface area contributed by atoms with Crippen LogP contribution in [0.5, 0.6) is 11.5 Å². The van der Waals surface area contributed by atoms with Crippen LogP contribution in [0.4, 0.5) is 14.5 Å². The normalized spacial score (nSPS) is 10.2. The summed E-state index contributed by atoms with van der Waals surface area (Å²) < 4.78 is 33.8. The molecule has 3 N–H and O–H groups in total. The van der Waals surface area contributed by atoms with Crippen LogP contribution in [0.1, 0.15) is 12.0 Å². The number of nitrogens with one attached hydrogen (secondary N) is 1. The molecule has 26 heavy (non-hydrogen) atoms. The molecule has 142 valence electrons. The molecular formula is C18H21ClF2N2O3. The van der Waals surface area contributed by atoms with E-state index in [0.717, 1.165) is 5.56 Å². The number of halogens is 3. The Labute approximate surface area is 156 Å². The molecule has 5 nitrogen and oxygen atoms in total. The second-order valence-corrected chi connectivity index (χ2v) is 5.23. The molecule has 1 amide bonds. The van der Waals surface area contributed by atoms with Crippen molar-refractivity contribution in [1.29, 1.82) is 0 Å². The number of carbonyl (C=O) groups excluding carboxylic acids is 1. The Balaban J connectivity index is 0.00000338. The SMILES string of the molecule is Cl.NCCOc1ccc(NC(=O)CCc2ccc(OC(F)F)cc2)cc1. The predicted octanol–water partition coefficient (Wildman–Crippen LogP) is 3.62. The van der Waals surface area contributed by atoms with Crippen molar-refractivity contribution >= 4 is 24.0 Å². The van der Waals surface area contributed by atoms with Crippen LogP contribution >= 0.6 is 12.4 Å². The van der Waals surface area contributed by atoms with Gasteiger partial charge in [-0.2, -0.15) is 8.78 Å². The molecule has 0 radical (unpaired) electrons. The summed E-state index contributed by atoms with van der Waals surface area (Å²) in [5.74, 6) is 0.651. The van der Waals surface area contributed by atoms with Gasteiger partial charge in [0.05, 0.1) is 0 Å². The van der Waals surface area contributed by atoms with Gasteiger partial charge in [0.25, 0.3) is 0 Å². The van der Waals surface area contributed by atoms with Crippen LogP contribution in [-0.2, 0) is 11.2 Å². The number of amides is 1. The van der Waals surface area contributed by atoms with Gasteiger partial charge < -0.3 is 20.5 Å². The fourth-order valence-electron chi connectivity index (χ4n) is 2.13. The van der Waals surface area contributed by atoms with Crippen molar-refractivity contribution in [3.63, 3.8) is 0 Å². The van der Waals surface area contributed by atoms with Crippen molar-refractivity contribution in [3.8, 4) is 11.5 Å². The first-order valence-corrected chi connectivity index (χ1v) is 7.83. The van der Waals surface area contributed by atoms with Crippen LogP contribution in [0, 0.1) is 0 Å². The molecule has 0 bridgehead atoms. The van der Waals surface area contributed by atoms with Gasteiger partial charge in [-0.3, -0.25) is 4.79 Å². The van der Waals surface area contributed by atoms with Gasteiger partial charge in [-0.25, -0.2) is 0 Å². The first-order chi connectivity index (χ1) is 12.1. The van der Waals surface area contributed by atoms with Crippen LogP contribution in [-0.4, -0.2) is 25.7 Å². The highest BCUT2D eigenvalue weighted by atomic mass is 35.5. The van der Waals surface area contributed by atoms with Gasteiger partial charge in [-0.1, -0.05) is 12.1 Å². The van der Waals surface area contributed by atoms with E-state index in [2.05, 4.69) is 10.1 Å². The minimum Gasteiger partial charge on any atom is -0.492 e. The molecule has 2 aromatic rings. The lowest BCUT2D eigenvalue weighted by molar-refractivity contribution is -0.116. The third-order valence-electron chi connectivity index (χ3n) is 3.31. The van der Waals surface area contributed by atoms with Gasteiger partial charge >= 0.3 is 6.61 Å². The maximum atomic E-state index is 12.1. The minimum atomic E-state index is -2.84. The van der Waals surface area contributed by atoms with E-state index in [-0.39, 0.29) is 30.5 Å². The number of anilines is 1. The molecule has 0 heterocycles. The lowest BCUT2D eigenvalue weighted by Gasteiger charge is -2.08. The van der Waals surface area contributed by atoms with Crippen molar-refractivity contribution in [2.75, 3.05) is 18.5 Å². The standard InChI is InChI=1S/C18H20F2N2O3.ClH/c19-18(20)25-16-6-1-13(2-7-16)3-10-17(23)22-14-4-8-15(9-5-14)24-12-11-21;/h1-2,4-9,18H,3,10-12,21H2,(H,22,23);1H. The van der Waals surface area contributed by atoms with Crippen LogP contribution in [0.25, 0.3) is 0 Å². The maximum absolute atomic E-state index is 12.1. The van der Waals surface area contributed by atoms with E-state index in [9.17, 15) is 13.6 Å². The molecule has 0 aliphatic carbocycles. The number of benzene rings is 2. The van der Waals surface area contributed by atoms with Gasteiger partial charge in [0, 0.05) is 18.7 Å². The van der Waals surface area contributed by atoms with E-state index >= 15 is 0 Å². The summed E-state index contributed by atoms with van der Waals surface area (Å²) in [6, 6.07) is 13.3. The van der Waals surface area contributed by atoms with Crippen molar-refractivity contribution in [3.05, 3.63) is 54.1 Å². The molecule has 0 spiro atoms. The first kappa shape index (κ1) is 21.7. The van der Waals surface area contributed by atoms with Gasteiger partial charge in [0.15, 0.2) is 0 Å². The van der Waals surface area contributed by atoms with Crippen LogP contribution in [0.3, 0.4) is 0 Å². The quantitative estimate of drug-likeness (QED) is 0.690. The van der Waals surface area contributed by atoms with Gasteiger partial charge in [0.2, 0.25) is 5.91 Å². The van der Waals surface area contributed by atoms with Crippen LogP contribution < -0.4 is 20.5 Å². The van der Waals surface area contributed by atoms with Crippen molar-refractivity contribution in [1.82, 2.24) is 0 Å². The number of ether oxygens (including phenoxy) is 2. The lowest BCUT2D eigenvalue weighted by atomic mass is 10.1. The number of carbonyl (C=O) groups is 1. The monoisotopic (exact) mass is 386 g/mol. The summed E-state index contributed by atoms with van der Waals surface area (Å²) in [6.07, 6.45) is 0.777. The Bertz CT molecular complexity index is 667. The third kappa shape index (κ3) is 7.67. The summed E-state index contributed by atoms with van der Waals surface area (Å²) >= 11 is 0. The lowest BCUT2D eigenvalue weighted by Crippen LogP contribution is -2.12. The Morgan fingerprint density at radius 2 is 1.65 bits per heavy atom. The predicted molar refractivity (Wildman–Crippen MR) is 98.3 cm³/mol. The zero-order chi connectivity index (χ0) is 18.1.